The second-order valence-electron chi connectivity index (χ2n) is 8.80. The standard InChI is InChI=1S/C24H34N4O5/c1-6-17-7-9-18(10-8-17)26-22(31)16(5)25-23(32)21(14(2)3)27-19(29)11-12-28-20(30)13-15(4)24(28)33/h7-10,14-16,21H,6,11-13H2,1-5H3,(H,25,32)(H,26,31)(H,27,29). The van der Waals surface area contributed by atoms with E-state index in [0.717, 1.165) is 16.9 Å². The Balaban J connectivity index is 1.88. The summed E-state index contributed by atoms with van der Waals surface area (Å²) in [6, 6.07) is 5.78. The fraction of sp³-hybridized carbons (Fsp3) is 0.542. The van der Waals surface area contributed by atoms with E-state index < -0.39 is 23.9 Å². The van der Waals surface area contributed by atoms with Gasteiger partial charge < -0.3 is 16.0 Å². The second kappa shape index (κ2) is 11.6. The molecule has 0 aromatic heterocycles. The third kappa shape index (κ3) is 7.13. The van der Waals surface area contributed by atoms with Crippen LogP contribution in [0.3, 0.4) is 0 Å². The van der Waals surface area contributed by atoms with E-state index in [1.165, 1.54) is 0 Å². The average Bonchev–Trinajstić information content (AvgIpc) is 3.01. The number of aryl methyl sites for hydroxylation is 1. The Morgan fingerprint density at radius 2 is 1.67 bits per heavy atom. The van der Waals surface area contributed by atoms with Gasteiger partial charge in [-0.1, -0.05) is 39.8 Å². The molecular weight excluding hydrogens is 424 g/mol. The first kappa shape index (κ1) is 26.0. The maximum Gasteiger partial charge on any atom is 0.246 e. The lowest BCUT2D eigenvalue weighted by atomic mass is 10.0. The highest BCUT2D eigenvalue weighted by atomic mass is 16.2. The molecule has 3 atom stereocenters. The molecule has 1 aliphatic rings. The highest BCUT2D eigenvalue weighted by Gasteiger charge is 2.35. The first-order valence-corrected chi connectivity index (χ1v) is 11.4. The van der Waals surface area contributed by atoms with E-state index in [1.54, 1.807) is 39.8 Å². The molecule has 1 aromatic carbocycles. The lowest BCUT2D eigenvalue weighted by Gasteiger charge is -2.24. The van der Waals surface area contributed by atoms with E-state index >= 15 is 0 Å². The predicted molar refractivity (Wildman–Crippen MR) is 124 cm³/mol. The number of nitrogens with zero attached hydrogens (tertiary/aromatic N) is 1. The lowest BCUT2D eigenvalue weighted by Crippen LogP contribution is -2.54. The van der Waals surface area contributed by atoms with Crippen molar-refractivity contribution < 1.29 is 24.0 Å². The zero-order valence-corrected chi connectivity index (χ0v) is 19.9. The summed E-state index contributed by atoms with van der Waals surface area (Å²) in [5.74, 6) is -2.48. The average molecular weight is 459 g/mol. The minimum Gasteiger partial charge on any atom is -0.344 e. The number of hydrogen-bond donors (Lipinski definition) is 3. The molecule has 0 spiro atoms. The van der Waals surface area contributed by atoms with Crippen molar-refractivity contribution >= 4 is 35.2 Å². The number of carbonyl (C=O) groups excluding carboxylic acids is 5. The van der Waals surface area contributed by atoms with Gasteiger partial charge in [0.1, 0.15) is 12.1 Å². The summed E-state index contributed by atoms with van der Waals surface area (Å²) in [5.41, 5.74) is 1.78. The van der Waals surface area contributed by atoms with Gasteiger partial charge in [-0.25, -0.2) is 0 Å². The number of rotatable bonds is 10. The fourth-order valence-electron chi connectivity index (χ4n) is 3.52. The third-order valence-electron chi connectivity index (χ3n) is 5.68. The molecule has 0 bridgehead atoms. The zero-order valence-electron chi connectivity index (χ0n) is 19.9. The number of anilines is 1. The first-order chi connectivity index (χ1) is 15.5. The van der Waals surface area contributed by atoms with E-state index in [4.69, 9.17) is 0 Å². The molecule has 9 nitrogen and oxygen atoms in total. The Morgan fingerprint density at radius 3 is 2.18 bits per heavy atom. The van der Waals surface area contributed by atoms with Gasteiger partial charge in [-0.2, -0.15) is 0 Å². The van der Waals surface area contributed by atoms with Crippen molar-refractivity contribution in [1.29, 1.82) is 0 Å². The predicted octanol–water partition coefficient (Wildman–Crippen LogP) is 1.62. The van der Waals surface area contributed by atoms with Crippen LogP contribution in [0.15, 0.2) is 24.3 Å². The summed E-state index contributed by atoms with van der Waals surface area (Å²) < 4.78 is 0. The molecule has 1 heterocycles. The van der Waals surface area contributed by atoms with Gasteiger partial charge in [0.25, 0.3) is 0 Å². The van der Waals surface area contributed by atoms with E-state index in [-0.39, 0.29) is 48.9 Å². The van der Waals surface area contributed by atoms with Crippen molar-refractivity contribution in [2.75, 3.05) is 11.9 Å². The van der Waals surface area contributed by atoms with Gasteiger partial charge in [0.15, 0.2) is 0 Å². The summed E-state index contributed by atoms with van der Waals surface area (Å²) in [6.07, 6.45) is 0.956. The summed E-state index contributed by atoms with van der Waals surface area (Å²) in [7, 11) is 0. The van der Waals surface area contributed by atoms with Gasteiger partial charge in [-0.05, 0) is 37.0 Å². The normalized spacial score (nSPS) is 17.6. The van der Waals surface area contributed by atoms with Gasteiger partial charge in [0.2, 0.25) is 29.5 Å². The molecule has 3 N–H and O–H groups in total. The third-order valence-corrected chi connectivity index (χ3v) is 5.68. The minimum atomic E-state index is -0.861. The van der Waals surface area contributed by atoms with Crippen LogP contribution in [-0.2, 0) is 30.4 Å². The van der Waals surface area contributed by atoms with Crippen LogP contribution in [-0.4, -0.2) is 53.1 Å². The minimum absolute atomic E-state index is 0.0180. The van der Waals surface area contributed by atoms with Crippen LogP contribution in [0.4, 0.5) is 5.69 Å². The summed E-state index contributed by atoms with van der Waals surface area (Å²) >= 11 is 0. The monoisotopic (exact) mass is 458 g/mol. The highest BCUT2D eigenvalue weighted by molar-refractivity contribution is 6.03. The first-order valence-electron chi connectivity index (χ1n) is 11.4. The summed E-state index contributed by atoms with van der Waals surface area (Å²) in [4.78, 5) is 62.6. The Labute approximate surface area is 194 Å². The van der Waals surface area contributed by atoms with Crippen LogP contribution in [0.25, 0.3) is 0 Å². The number of nitrogens with one attached hydrogen (secondary N) is 3. The molecule has 1 aromatic rings. The number of imide groups is 1. The summed E-state index contributed by atoms with van der Waals surface area (Å²) in [5, 5.41) is 8.06. The van der Waals surface area contributed by atoms with Crippen LogP contribution in [0.5, 0.6) is 0 Å². The van der Waals surface area contributed by atoms with Gasteiger partial charge >= 0.3 is 0 Å². The molecule has 0 radical (unpaired) electrons. The quantitative estimate of drug-likeness (QED) is 0.460. The highest BCUT2D eigenvalue weighted by Crippen LogP contribution is 2.18. The maximum atomic E-state index is 12.8. The van der Waals surface area contributed by atoms with E-state index in [9.17, 15) is 24.0 Å². The molecule has 3 unspecified atom stereocenters. The molecule has 1 saturated heterocycles. The van der Waals surface area contributed by atoms with Crippen molar-refractivity contribution in [2.45, 2.75) is 66.0 Å². The number of carbonyl (C=O) groups is 5. The molecule has 33 heavy (non-hydrogen) atoms. The van der Waals surface area contributed by atoms with Gasteiger partial charge in [0.05, 0.1) is 0 Å². The summed E-state index contributed by atoms with van der Waals surface area (Å²) in [6.45, 7) is 8.83. The van der Waals surface area contributed by atoms with E-state index in [1.807, 2.05) is 19.1 Å². The number of benzene rings is 1. The zero-order chi connectivity index (χ0) is 24.7. The molecule has 1 fully saturated rings. The van der Waals surface area contributed by atoms with Gasteiger partial charge in [-0.15, -0.1) is 0 Å². The van der Waals surface area contributed by atoms with Crippen LogP contribution in [0, 0.1) is 11.8 Å². The molecule has 1 aliphatic heterocycles. The molecule has 0 saturated carbocycles. The molecule has 180 valence electrons. The van der Waals surface area contributed by atoms with Crippen molar-refractivity contribution in [3.63, 3.8) is 0 Å². The second-order valence-corrected chi connectivity index (χ2v) is 8.80. The van der Waals surface area contributed by atoms with Gasteiger partial charge in [-0.3, -0.25) is 28.9 Å². The fourth-order valence-corrected chi connectivity index (χ4v) is 3.52. The number of amides is 5. The van der Waals surface area contributed by atoms with Crippen molar-refractivity contribution in [2.24, 2.45) is 11.8 Å². The molecular formula is C24H34N4O5. The van der Waals surface area contributed by atoms with Crippen molar-refractivity contribution in [1.82, 2.24) is 15.5 Å². The Morgan fingerprint density at radius 1 is 1.03 bits per heavy atom. The number of hydrogen-bond acceptors (Lipinski definition) is 5. The van der Waals surface area contributed by atoms with E-state index in [2.05, 4.69) is 16.0 Å². The van der Waals surface area contributed by atoms with Gasteiger partial charge in [0, 0.05) is 31.0 Å². The smallest absolute Gasteiger partial charge is 0.246 e. The van der Waals surface area contributed by atoms with Crippen LogP contribution in [0.2, 0.25) is 0 Å². The Hall–Kier alpha value is -3.23. The van der Waals surface area contributed by atoms with Crippen LogP contribution in [0.1, 0.15) is 53.0 Å². The molecule has 0 aliphatic carbocycles. The number of likely N-dealkylation sites (tertiary alicyclic amines) is 1. The van der Waals surface area contributed by atoms with Crippen LogP contribution < -0.4 is 16.0 Å². The topological polar surface area (TPSA) is 125 Å². The van der Waals surface area contributed by atoms with Crippen LogP contribution >= 0.6 is 0 Å². The van der Waals surface area contributed by atoms with E-state index in [0.29, 0.717) is 5.69 Å². The maximum absolute atomic E-state index is 12.8. The largest absolute Gasteiger partial charge is 0.344 e. The lowest BCUT2D eigenvalue weighted by molar-refractivity contribution is -0.140. The SMILES string of the molecule is CCc1ccc(NC(=O)C(C)NC(=O)C(NC(=O)CCN2C(=O)CC(C)C2=O)C(C)C)cc1. The molecule has 5 amide bonds. The Bertz CT molecular complexity index is 897. The Kier molecular flexibility index (Phi) is 9.13. The molecule has 2 rings (SSSR count). The molecule has 9 heteroatoms. The van der Waals surface area contributed by atoms with Crippen molar-refractivity contribution in [3.05, 3.63) is 29.8 Å². The van der Waals surface area contributed by atoms with Crippen molar-refractivity contribution in [3.8, 4) is 0 Å².